The van der Waals surface area contributed by atoms with Crippen molar-refractivity contribution in [3.05, 3.63) is 21.7 Å². The van der Waals surface area contributed by atoms with E-state index >= 15 is 0 Å². The Morgan fingerprint density at radius 3 is 2.69 bits per heavy atom. The molecule has 0 saturated carbocycles. The lowest BCUT2D eigenvalue weighted by atomic mass is 10.2. The largest absolute Gasteiger partial charge is 0.463 e. The molecule has 1 aromatic rings. The van der Waals surface area contributed by atoms with E-state index in [1.165, 1.54) is 20.1 Å². The van der Waals surface area contributed by atoms with E-state index in [1.807, 2.05) is 0 Å². The Hall–Kier alpha value is -2.18. The fraction of sp³-hybridized carbons (Fsp3) is 0.333. The van der Waals surface area contributed by atoms with Crippen LogP contribution in [0.1, 0.15) is 12.5 Å². The molecule has 0 atom stereocenters. The standard InChI is InChI=1S/C9H11N3O4/c1-5-4-7(10-6(2)13)8(12(14)15)11-9(5)16-3/h4H,1-3H3,(H,10,13). The molecule has 0 radical (unpaired) electrons. The predicted octanol–water partition coefficient (Wildman–Crippen LogP) is 1.27. The second kappa shape index (κ2) is 4.56. The number of carbonyl (C=O) groups excluding carboxylic acids is 1. The molecule has 0 saturated heterocycles. The lowest BCUT2D eigenvalue weighted by Crippen LogP contribution is -2.10. The maximum Gasteiger partial charge on any atom is 0.391 e. The summed E-state index contributed by atoms with van der Waals surface area (Å²) in [5.74, 6) is -0.659. The number of nitrogens with zero attached hydrogens (tertiary/aromatic N) is 2. The van der Waals surface area contributed by atoms with Crippen LogP contribution in [0.3, 0.4) is 0 Å². The molecular weight excluding hydrogens is 214 g/mol. The number of pyridine rings is 1. The number of carbonyl (C=O) groups is 1. The van der Waals surface area contributed by atoms with Gasteiger partial charge in [0.1, 0.15) is 5.69 Å². The van der Waals surface area contributed by atoms with Gasteiger partial charge in [-0.15, -0.1) is 0 Å². The molecule has 0 aliphatic rings. The van der Waals surface area contributed by atoms with Gasteiger partial charge in [0.25, 0.3) is 0 Å². The van der Waals surface area contributed by atoms with Gasteiger partial charge < -0.3 is 20.2 Å². The summed E-state index contributed by atoms with van der Waals surface area (Å²) in [6, 6.07) is 1.45. The van der Waals surface area contributed by atoms with E-state index in [-0.39, 0.29) is 11.6 Å². The summed E-state index contributed by atoms with van der Waals surface area (Å²) in [6.45, 7) is 2.95. The number of ether oxygens (including phenoxy) is 1. The summed E-state index contributed by atoms with van der Waals surface area (Å²) in [5, 5.41) is 13.1. The molecule has 86 valence electrons. The maximum absolute atomic E-state index is 10.9. The third-order valence-corrected chi connectivity index (χ3v) is 1.82. The first-order valence-corrected chi connectivity index (χ1v) is 4.43. The van der Waals surface area contributed by atoms with E-state index in [0.717, 1.165) is 0 Å². The van der Waals surface area contributed by atoms with Crippen LogP contribution in [-0.2, 0) is 4.79 Å². The Kier molecular flexibility index (Phi) is 3.39. The number of aryl methyl sites for hydroxylation is 1. The van der Waals surface area contributed by atoms with Crippen molar-refractivity contribution in [3.63, 3.8) is 0 Å². The summed E-state index contributed by atoms with van der Waals surface area (Å²) in [4.78, 5) is 24.6. The van der Waals surface area contributed by atoms with Gasteiger partial charge in [-0.25, -0.2) is 0 Å². The van der Waals surface area contributed by atoms with Crippen LogP contribution in [0.4, 0.5) is 11.5 Å². The van der Waals surface area contributed by atoms with Crippen molar-refractivity contribution in [2.75, 3.05) is 12.4 Å². The van der Waals surface area contributed by atoms with Gasteiger partial charge in [0, 0.05) is 17.5 Å². The summed E-state index contributed by atoms with van der Waals surface area (Å²) in [7, 11) is 1.37. The quantitative estimate of drug-likeness (QED) is 0.617. The minimum absolute atomic E-state index is 0.0656. The zero-order valence-electron chi connectivity index (χ0n) is 9.10. The van der Waals surface area contributed by atoms with Crippen LogP contribution in [0.25, 0.3) is 0 Å². The molecule has 16 heavy (non-hydrogen) atoms. The Labute approximate surface area is 91.6 Å². The second-order valence-corrected chi connectivity index (χ2v) is 3.12. The lowest BCUT2D eigenvalue weighted by Gasteiger charge is -2.05. The normalized spacial score (nSPS) is 9.69. The van der Waals surface area contributed by atoms with Gasteiger partial charge in [0.15, 0.2) is 0 Å². The number of anilines is 1. The van der Waals surface area contributed by atoms with Crippen LogP contribution in [0.15, 0.2) is 6.07 Å². The highest BCUT2D eigenvalue weighted by molar-refractivity contribution is 5.91. The van der Waals surface area contributed by atoms with E-state index in [2.05, 4.69) is 10.3 Å². The van der Waals surface area contributed by atoms with Crippen LogP contribution in [0, 0.1) is 17.0 Å². The van der Waals surface area contributed by atoms with E-state index in [4.69, 9.17) is 4.74 Å². The summed E-state index contributed by atoms with van der Waals surface area (Å²) < 4.78 is 4.87. The van der Waals surface area contributed by atoms with Crippen molar-refractivity contribution in [2.45, 2.75) is 13.8 Å². The van der Waals surface area contributed by atoms with Crippen molar-refractivity contribution in [3.8, 4) is 5.88 Å². The van der Waals surface area contributed by atoms with Gasteiger partial charge in [-0.2, -0.15) is 0 Å². The monoisotopic (exact) mass is 225 g/mol. The van der Waals surface area contributed by atoms with Crippen LogP contribution in [0.2, 0.25) is 0 Å². The second-order valence-electron chi connectivity index (χ2n) is 3.12. The molecule has 0 aromatic carbocycles. The first-order valence-electron chi connectivity index (χ1n) is 4.43. The van der Waals surface area contributed by atoms with E-state index in [9.17, 15) is 14.9 Å². The molecule has 1 rings (SSSR count). The van der Waals surface area contributed by atoms with Crippen LogP contribution < -0.4 is 10.1 Å². The van der Waals surface area contributed by atoms with Gasteiger partial charge >= 0.3 is 11.7 Å². The zero-order valence-corrected chi connectivity index (χ0v) is 9.10. The molecule has 0 unspecified atom stereocenters. The number of rotatable bonds is 3. The molecule has 7 heteroatoms. The average Bonchev–Trinajstić information content (AvgIpc) is 2.16. The molecule has 0 fully saturated rings. The number of nitrogens with one attached hydrogen (secondary N) is 1. The van der Waals surface area contributed by atoms with E-state index in [1.54, 1.807) is 6.92 Å². The Morgan fingerprint density at radius 1 is 1.62 bits per heavy atom. The summed E-state index contributed by atoms with van der Waals surface area (Å²) in [5.41, 5.74) is 0.674. The SMILES string of the molecule is COc1nc([N+](=O)[O-])c(NC(C)=O)cc1C. The van der Waals surface area contributed by atoms with Crippen molar-refractivity contribution in [2.24, 2.45) is 0 Å². The fourth-order valence-electron chi connectivity index (χ4n) is 1.21. The van der Waals surface area contributed by atoms with Crippen molar-refractivity contribution in [1.29, 1.82) is 0 Å². The van der Waals surface area contributed by atoms with Crippen molar-refractivity contribution in [1.82, 2.24) is 4.98 Å². The zero-order chi connectivity index (χ0) is 12.3. The Balaban J connectivity index is 3.30. The molecule has 1 N–H and O–H groups in total. The van der Waals surface area contributed by atoms with Crippen molar-refractivity contribution >= 4 is 17.4 Å². The Bertz CT molecular complexity index is 445. The molecule has 1 aromatic heterocycles. The predicted molar refractivity (Wildman–Crippen MR) is 56.5 cm³/mol. The van der Waals surface area contributed by atoms with E-state index in [0.29, 0.717) is 5.56 Å². The smallest absolute Gasteiger partial charge is 0.391 e. The first-order chi connectivity index (χ1) is 7.45. The number of methoxy groups -OCH3 is 1. The van der Waals surface area contributed by atoms with Gasteiger partial charge in [0.05, 0.1) is 7.11 Å². The third-order valence-electron chi connectivity index (χ3n) is 1.82. The van der Waals surface area contributed by atoms with Gasteiger partial charge in [-0.3, -0.25) is 4.79 Å². The number of hydrogen-bond donors (Lipinski definition) is 1. The summed E-state index contributed by atoms with van der Waals surface area (Å²) in [6.07, 6.45) is 0. The van der Waals surface area contributed by atoms with Gasteiger partial charge in [-0.05, 0) is 17.9 Å². The minimum atomic E-state index is -0.673. The topological polar surface area (TPSA) is 94.4 Å². The van der Waals surface area contributed by atoms with Gasteiger partial charge in [0.2, 0.25) is 5.91 Å². The van der Waals surface area contributed by atoms with Crippen LogP contribution >= 0.6 is 0 Å². The number of amides is 1. The molecule has 0 aliphatic carbocycles. The first kappa shape index (κ1) is 11.9. The number of aromatic nitrogens is 1. The highest BCUT2D eigenvalue weighted by Crippen LogP contribution is 2.28. The maximum atomic E-state index is 10.9. The van der Waals surface area contributed by atoms with Crippen molar-refractivity contribution < 1.29 is 14.5 Å². The third kappa shape index (κ3) is 2.44. The molecule has 1 amide bonds. The molecule has 0 bridgehead atoms. The summed E-state index contributed by atoms with van der Waals surface area (Å²) >= 11 is 0. The number of nitro groups is 1. The minimum Gasteiger partial charge on any atom is -0.463 e. The fourth-order valence-corrected chi connectivity index (χ4v) is 1.21. The molecular formula is C9H11N3O4. The molecule has 0 aliphatic heterocycles. The lowest BCUT2D eigenvalue weighted by molar-refractivity contribution is -0.388. The highest BCUT2D eigenvalue weighted by Gasteiger charge is 2.21. The van der Waals surface area contributed by atoms with Crippen LogP contribution in [0.5, 0.6) is 5.88 Å². The molecule has 1 heterocycles. The van der Waals surface area contributed by atoms with Gasteiger partial charge in [-0.1, -0.05) is 0 Å². The van der Waals surface area contributed by atoms with E-state index < -0.39 is 16.6 Å². The average molecular weight is 225 g/mol. The highest BCUT2D eigenvalue weighted by atomic mass is 16.6. The Morgan fingerprint density at radius 2 is 2.25 bits per heavy atom. The molecule has 0 spiro atoms. The van der Waals surface area contributed by atoms with Crippen LogP contribution in [-0.4, -0.2) is 22.9 Å². The molecule has 7 nitrogen and oxygen atoms in total. The number of hydrogen-bond acceptors (Lipinski definition) is 5.